The van der Waals surface area contributed by atoms with Crippen molar-refractivity contribution in [3.63, 3.8) is 0 Å². The van der Waals surface area contributed by atoms with Gasteiger partial charge in [0.2, 0.25) is 0 Å². The van der Waals surface area contributed by atoms with Crippen molar-refractivity contribution in [3.05, 3.63) is 83.2 Å². The molecule has 158 valence electrons. The van der Waals surface area contributed by atoms with Crippen molar-refractivity contribution >= 4 is 17.4 Å². The van der Waals surface area contributed by atoms with Crippen molar-refractivity contribution in [1.82, 2.24) is 19.7 Å². The number of rotatable bonds is 4. The fraction of sp³-hybridized carbons (Fsp3) is 0.0952. The maximum Gasteiger partial charge on any atom is 0.416 e. The van der Waals surface area contributed by atoms with Gasteiger partial charge in [-0.05, 0) is 35.4 Å². The Morgan fingerprint density at radius 3 is 2.42 bits per heavy atom. The van der Waals surface area contributed by atoms with E-state index in [0.29, 0.717) is 27.9 Å². The van der Waals surface area contributed by atoms with Crippen molar-refractivity contribution in [2.45, 2.75) is 12.7 Å². The number of hydrogen-bond donors (Lipinski definition) is 1. The first kappa shape index (κ1) is 20.8. The molecule has 2 N–H and O–H groups in total. The molecule has 0 aliphatic heterocycles. The number of nitrogen functional groups attached to an aromatic ring is 1. The summed E-state index contributed by atoms with van der Waals surface area (Å²) in [4.78, 5) is 8.26. The van der Waals surface area contributed by atoms with Crippen LogP contribution in [0.3, 0.4) is 0 Å². The topological polar surface area (TPSA) is 69.6 Å². The molecule has 0 bridgehead atoms. The molecule has 0 fully saturated rings. The van der Waals surface area contributed by atoms with E-state index < -0.39 is 17.6 Å². The van der Waals surface area contributed by atoms with Crippen LogP contribution in [-0.4, -0.2) is 19.7 Å². The Hall–Kier alpha value is -3.46. The van der Waals surface area contributed by atoms with E-state index >= 15 is 0 Å². The summed E-state index contributed by atoms with van der Waals surface area (Å²) < 4.78 is 53.7. The van der Waals surface area contributed by atoms with Crippen LogP contribution in [0.5, 0.6) is 0 Å². The van der Waals surface area contributed by atoms with E-state index in [4.69, 9.17) is 17.3 Å². The monoisotopic (exact) mass is 447 g/mol. The van der Waals surface area contributed by atoms with Crippen molar-refractivity contribution in [2.24, 2.45) is 0 Å². The third-order valence-corrected chi connectivity index (χ3v) is 4.92. The van der Waals surface area contributed by atoms with Gasteiger partial charge in [0.05, 0.1) is 34.6 Å². The predicted octanol–water partition coefficient (Wildman–Crippen LogP) is 5.45. The van der Waals surface area contributed by atoms with E-state index in [1.54, 1.807) is 23.1 Å². The standard InChI is InChI=1S/C21H14ClF4N5/c22-16-6-3-13(7-17(16)23)18-19(28-11-29-20(18)27)14-8-30-31(10-14)9-12-1-4-15(5-2-12)21(24,25)26/h1-8,10-11H,9H2,(H2,27,28,29). The lowest BCUT2D eigenvalue weighted by Crippen LogP contribution is -2.05. The summed E-state index contributed by atoms with van der Waals surface area (Å²) in [6.07, 6.45) is 0.117. The van der Waals surface area contributed by atoms with Gasteiger partial charge in [-0.25, -0.2) is 14.4 Å². The van der Waals surface area contributed by atoms with E-state index in [1.807, 2.05) is 0 Å². The van der Waals surface area contributed by atoms with Gasteiger partial charge in [0.1, 0.15) is 18.0 Å². The number of alkyl halides is 3. The molecule has 0 amide bonds. The zero-order valence-electron chi connectivity index (χ0n) is 15.7. The molecule has 0 aliphatic carbocycles. The first-order chi connectivity index (χ1) is 14.7. The SMILES string of the molecule is Nc1ncnc(-c2cnn(Cc3ccc(C(F)(F)F)cc3)c2)c1-c1ccc(Cl)c(F)c1. The molecular formula is C21H14ClF4N5. The Morgan fingerprint density at radius 2 is 1.74 bits per heavy atom. The molecule has 5 nitrogen and oxygen atoms in total. The second-order valence-corrected chi connectivity index (χ2v) is 7.14. The summed E-state index contributed by atoms with van der Waals surface area (Å²) in [7, 11) is 0. The van der Waals surface area contributed by atoms with Crippen LogP contribution in [0, 0.1) is 5.82 Å². The summed E-state index contributed by atoms with van der Waals surface area (Å²) in [5, 5.41) is 4.23. The number of benzene rings is 2. The Balaban J connectivity index is 1.65. The molecule has 2 heterocycles. The van der Waals surface area contributed by atoms with Crippen LogP contribution < -0.4 is 5.73 Å². The Labute approximate surface area is 179 Å². The molecule has 0 unspecified atom stereocenters. The Morgan fingerprint density at radius 1 is 1.00 bits per heavy atom. The zero-order valence-corrected chi connectivity index (χ0v) is 16.5. The Bertz CT molecular complexity index is 1240. The molecule has 31 heavy (non-hydrogen) atoms. The fourth-order valence-corrected chi connectivity index (χ4v) is 3.23. The van der Waals surface area contributed by atoms with Crippen molar-refractivity contribution in [2.75, 3.05) is 5.73 Å². The van der Waals surface area contributed by atoms with Crippen molar-refractivity contribution in [1.29, 1.82) is 0 Å². The van der Waals surface area contributed by atoms with Gasteiger partial charge in [0, 0.05) is 11.8 Å². The summed E-state index contributed by atoms with van der Waals surface area (Å²) in [5.74, 6) is -0.450. The third kappa shape index (κ3) is 4.36. The second-order valence-electron chi connectivity index (χ2n) is 6.73. The number of aromatic nitrogens is 4. The van der Waals surface area contributed by atoms with Crippen LogP contribution in [-0.2, 0) is 12.7 Å². The molecular weight excluding hydrogens is 434 g/mol. The predicted molar refractivity (Wildman–Crippen MR) is 109 cm³/mol. The van der Waals surface area contributed by atoms with Gasteiger partial charge in [-0.15, -0.1) is 0 Å². The molecule has 2 aromatic heterocycles. The van der Waals surface area contributed by atoms with E-state index in [-0.39, 0.29) is 17.4 Å². The summed E-state index contributed by atoms with van der Waals surface area (Å²) in [6.45, 7) is 0.254. The molecule has 0 aliphatic rings. The second kappa shape index (κ2) is 7.99. The number of halogens is 5. The van der Waals surface area contributed by atoms with Gasteiger partial charge in [-0.1, -0.05) is 29.8 Å². The molecule has 2 aromatic carbocycles. The van der Waals surface area contributed by atoms with E-state index in [9.17, 15) is 17.6 Å². The minimum Gasteiger partial charge on any atom is -0.383 e. The maximum atomic E-state index is 14.0. The number of anilines is 1. The van der Waals surface area contributed by atoms with Crippen LogP contribution in [0.4, 0.5) is 23.4 Å². The molecule has 0 saturated carbocycles. The molecule has 10 heteroatoms. The molecule has 0 saturated heterocycles. The smallest absolute Gasteiger partial charge is 0.383 e. The normalized spacial score (nSPS) is 11.6. The fourth-order valence-electron chi connectivity index (χ4n) is 3.11. The first-order valence-corrected chi connectivity index (χ1v) is 9.35. The molecule has 0 radical (unpaired) electrons. The first-order valence-electron chi connectivity index (χ1n) is 8.97. The third-order valence-electron chi connectivity index (χ3n) is 4.62. The Kier molecular flexibility index (Phi) is 5.36. The summed E-state index contributed by atoms with van der Waals surface area (Å²) >= 11 is 5.77. The highest BCUT2D eigenvalue weighted by Crippen LogP contribution is 2.35. The molecule has 0 spiro atoms. The van der Waals surface area contributed by atoms with E-state index in [2.05, 4.69) is 15.1 Å². The minimum atomic E-state index is -4.39. The lowest BCUT2D eigenvalue weighted by atomic mass is 10.0. The highest BCUT2D eigenvalue weighted by Gasteiger charge is 2.29. The quantitative estimate of drug-likeness (QED) is 0.422. The zero-order chi connectivity index (χ0) is 22.2. The van der Waals surface area contributed by atoms with Crippen LogP contribution in [0.25, 0.3) is 22.4 Å². The van der Waals surface area contributed by atoms with Crippen LogP contribution in [0.1, 0.15) is 11.1 Å². The van der Waals surface area contributed by atoms with Crippen LogP contribution in [0.2, 0.25) is 5.02 Å². The van der Waals surface area contributed by atoms with Gasteiger partial charge < -0.3 is 5.73 Å². The lowest BCUT2D eigenvalue weighted by molar-refractivity contribution is -0.137. The minimum absolute atomic E-state index is 0.0231. The lowest BCUT2D eigenvalue weighted by Gasteiger charge is -2.10. The van der Waals surface area contributed by atoms with Gasteiger partial charge in [-0.2, -0.15) is 18.3 Å². The van der Waals surface area contributed by atoms with Crippen LogP contribution in [0.15, 0.2) is 61.2 Å². The average molecular weight is 448 g/mol. The van der Waals surface area contributed by atoms with Gasteiger partial charge >= 0.3 is 6.18 Å². The van der Waals surface area contributed by atoms with Gasteiger partial charge in [-0.3, -0.25) is 4.68 Å². The molecule has 4 rings (SSSR count). The van der Waals surface area contributed by atoms with E-state index in [0.717, 1.165) is 12.1 Å². The molecule has 0 atom stereocenters. The van der Waals surface area contributed by atoms with Crippen molar-refractivity contribution in [3.8, 4) is 22.4 Å². The maximum absolute atomic E-state index is 14.0. The average Bonchev–Trinajstić information content (AvgIpc) is 3.18. The number of hydrogen-bond acceptors (Lipinski definition) is 4. The largest absolute Gasteiger partial charge is 0.416 e. The van der Waals surface area contributed by atoms with Crippen LogP contribution >= 0.6 is 11.6 Å². The summed E-state index contributed by atoms with van der Waals surface area (Å²) in [5.41, 5.74) is 7.86. The van der Waals surface area contributed by atoms with Gasteiger partial charge in [0.15, 0.2) is 0 Å². The number of nitrogens with two attached hydrogens (primary N) is 1. The highest BCUT2D eigenvalue weighted by atomic mass is 35.5. The van der Waals surface area contributed by atoms with Crippen molar-refractivity contribution < 1.29 is 17.6 Å². The summed E-state index contributed by atoms with van der Waals surface area (Å²) in [6, 6.07) is 9.11. The van der Waals surface area contributed by atoms with E-state index in [1.165, 1.54) is 30.6 Å². The highest BCUT2D eigenvalue weighted by molar-refractivity contribution is 6.30. The molecule has 4 aromatic rings. The number of nitrogens with zero attached hydrogens (tertiary/aromatic N) is 4. The van der Waals surface area contributed by atoms with Gasteiger partial charge in [0.25, 0.3) is 0 Å².